The Balaban J connectivity index is 2.82. The van der Waals surface area contributed by atoms with E-state index in [1.165, 1.54) is 0 Å². The summed E-state index contributed by atoms with van der Waals surface area (Å²) in [5.41, 5.74) is 0. The van der Waals surface area contributed by atoms with Crippen molar-refractivity contribution in [3.8, 4) is 0 Å². The zero-order valence-corrected chi connectivity index (χ0v) is 6.05. The first-order chi connectivity index (χ1) is 4.13. The normalized spacial score (nSPS) is 19.0. The van der Waals surface area contributed by atoms with Crippen LogP contribution in [0.1, 0.15) is 6.92 Å². The van der Waals surface area contributed by atoms with Gasteiger partial charge in [0.15, 0.2) is 0 Å². The molecular formula is C6H11N3. The van der Waals surface area contributed by atoms with Crippen LogP contribution in [0.2, 0.25) is 0 Å². The molecule has 0 radical (unpaired) electrons. The van der Waals surface area contributed by atoms with Gasteiger partial charge in [-0.25, -0.2) is 0 Å². The maximum Gasteiger partial charge on any atom is 0.127 e. The molecule has 3 nitrogen and oxygen atoms in total. The highest BCUT2D eigenvalue weighted by Crippen LogP contribution is 2.12. The summed E-state index contributed by atoms with van der Waals surface area (Å²) >= 11 is 0. The van der Waals surface area contributed by atoms with Crippen LogP contribution in [0.15, 0.2) is 17.5 Å². The van der Waals surface area contributed by atoms with Gasteiger partial charge >= 0.3 is 0 Å². The first-order valence-corrected chi connectivity index (χ1v) is 2.84. The van der Waals surface area contributed by atoms with E-state index in [1.54, 1.807) is 5.01 Å². The minimum absolute atomic E-state index is 0.924. The van der Waals surface area contributed by atoms with Crippen molar-refractivity contribution in [1.82, 2.24) is 9.91 Å². The van der Waals surface area contributed by atoms with E-state index < -0.39 is 0 Å². The van der Waals surface area contributed by atoms with Crippen molar-refractivity contribution in [3.05, 3.63) is 12.4 Å². The lowest BCUT2D eigenvalue weighted by molar-refractivity contribution is 0.402. The van der Waals surface area contributed by atoms with E-state index in [4.69, 9.17) is 0 Å². The Morgan fingerprint density at radius 1 is 1.44 bits per heavy atom. The predicted molar refractivity (Wildman–Crippen MR) is 37.8 cm³/mol. The fraction of sp³-hybridized carbons (Fsp3) is 0.500. The molecule has 0 bridgehead atoms. The molecule has 1 aliphatic heterocycles. The van der Waals surface area contributed by atoms with Gasteiger partial charge in [-0.1, -0.05) is 6.58 Å². The quantitative estimate of drug-likeness (QED) is 0.474. The van der Waals surface area contributed by atoms with Crippen LogP contribution in [0, 0.1) is 0 Å². The monoisotopic (exact) mass is 125 g/mol. The molecule has 1 aliphatic rings. The molecule has 0 aromatic carbocycles. The van der Waals surface area contributed by atoms with Crippen molar-refractivity contribution >= 4 is 5.84 Å². The highest BCUT2D eigenvalue weighted by Gasteiger charge is 2.16. The van der Waals surface area contributed by atoms with Crippen LogP contribution in [-0.4, -0.2) is 29.8 Å². The molecule has 50 valence electrons. The van der Waals surface area contributed by atoms with Gasteiger partial charge in [0.2, 0.25) is 0 Å². The summed E-state index contributed by atoms with van der Waals surface area (Å²) in [6.45, 7) is 5.76. The summed E-state index contributed by atoms with van der Waals surface area (Å²) in [6, 6.07) is 0. The van der Waals surface area contributed by atoms with Crippen LogP contribution in [-0.2, 0) is 0 Å². The molecule has 0 spiro atoms. The molecule has 0 aromatic heterocycles. The van der Waals surface area contributed by atoms with Gasteiger partial charge in [-0.05, 0) is 6.92 Å². The van der Waals surface area contributed by atoms with E-state index in [1.807, 2.05) is 25.9 Å². The highest BCUT2D eigenvalue weighted by atomic mass is 15.6. The molecule has 0 aliphatic carbocycles. The van der Waals surface area contributed by atoms with E-state index in [9.17, 15) is 0 Å². The number of hydrazone groups is 1. The lowest BCUT2D eigenvalue weighted by atomic mass is 10.6. The third kappa shape index (κ3) is 0.781. The topological polar surface area (TPSA) is 18.8 Å². The summed E-state index contributed by atoms with van der Waals surface area (Å²) in [7, 11) is 3.83. The van der Waals surface area contributed by atoms with Gasteiger partial charge in [-0.15, -0.1) is 0 Å². The Kier molecular flexibility index (Phi) is 1.20. The SMILES string of the molecule is C=C1N(C)N=C(C)N1C. The number of hydrogen-bond acceptors (Lipinski definition) is 3. The predicted octanol–water partition coefficient (Wildman–Crippen LogP) is 0.668. The molecule has 0 fully saturated rings. The maximum atomic E-state index is 4.13. The molecule has 9 heavy (non-hydrogen) atoms. The summed E-state index contributed by atoms with van der Waals surface area (Å²) in [5.74, 6) is 1.91. The molecule has 1 heterocycles. The molecule has 0 saturated carbocycles. The molecule has 0 amide bonds. The van der Waals surface area contributed by atoms with Crippen LogP contribution in [0.4, 0.5) is 0 Å². The average molecular weight is 125 g/mol. The summed E-state index contributed by atoms with van der Waals surface area (Å²) in [6.07, 6.45) is 0. The average Bonchev–Trinajstić information content (AvgIpc) is 1.98. The van der Waals surface area contributed by atoms with Gasteiger partial charge in [0.25, 0.3) is 0 Å². The van der Waals surface area contributed by atoms with Crippen molar-refractivity contribution in [2.24, 2.45) is 5.10 Å². The number of nitrogens with zero attached hydrogens (tertiary/aromatic N) is 3. The molecule has 0 unspecified atom stereocenters. The second-order valence-corrected chi connectivity index (χ2v) is 2.15. The number of hydrogen-bond donors (Lipinski definition) is 0. The van der Waals surface area contributed by atoms with Gasteiger partial charge in [0.05, 0.1) is 0 Å². The van der Waals surface area contributed by atoms with E-state index in [0.717, 1.165) is 11.7 Å². The van der Waals surface area contributed by atoms with Gasteiger partial charge < -0.3 is 4.90 Å². The van der Waals surface area contributed by atoms with Crippen molar-refractivity contribution in [2.75, 3.05) is 14.1 Å². The fourth-order valence-electron chi connectivity index (χ4n) is 0.746. The van der Waals surface area contributed by atoms with Crippen molar-refractivity contribution in [3.63, 3.8) is 0 Å². The standard InChI is InChI=1S/C6H11N3/c1-5-7-9(4)6(2)8(5)3/h2H2,1,3-4H3. The zero-order chi connectivity index (χ0) is 7.02. The molecule has 3 heteroatoms. The van der Waals surface area contributed by atoms with Gasteiger partial charge in [0.1, 0.15) is 11.7 Å². The van der Waals surface area contributed by atoms with E-state index in [2.05, 4.69) is 11.7 Å². The lowest BCUT2D eigenvalue weighted by Crippen LogP contribution is -2.20. The molecular weight excluding hydrogens is 114 g/mol. The second-order valence-electron chi connectivity index (χ2n) is 2.15. The Labute approximate surface area is 55.3 Å². The molecule has 0 saturated heterocycles. The third-order valence-electron chi connectivity index (χ3n) is 1.54. The Morgan fingerprint density at radius 3 is 2.11 bits per heavy atom. The van der Waals surface area contributed by atoms with E-state index >= 15 is 0 Å². The lowest BCUT2D eigenvalue weighted by Gasteiger charge is -2.13. The summed E-state index contributed by atoms with van der Waals surface area (Å²) in [5, 5.41) is 5.89. The van der Waals surface area contributed by atoms with Crippen molar-refractivity contribution < 1.29 is 0 Å². The van der Waals surface area contributed by atoms with Crippen LogP contribution < -0.4 is 0 Å². The third-order valence-corrected chi connectivity index (χ3v) is 1.54. The van der Waals surface area contributed by atoms with E-state index in [0.29, 0.717) is 0 Å². The molecule has 0 N–H and O–H groups in total. The van der Waals surface area contributed by atoms with Crippen LogP contribution in [0.25, 0.3) is 0 Å². The Bertz CT molecular complexity index is 171. The Morgan fingerprint density at radius 2 is 2.00 bits per heavy atom. The number of amidine groups is 1. The van der Waals surface area contributed by atoms with Crippen LogP contribution in [0.5, 0.6) is 0 Å². The fourth-order valence-corrected chi connectivity index (χ4v) is 0.746. The minimum atomic E-state index is 0.924. The second kappa shape index (κ2) is 1.76. The van der Waals surface area contributed by atoms with Gasteiger partial charge in [-0.2, -0.15) is 5.10 Å². The minimum Gasteiger partial charge on any atom is -0.317 e. The highest BCUT2D eigenvalue weighted by molar-refractivity contribution is 5.82. The zero-order valence-electron chi connectivity index (χ0n) is 6.05. The first-order valence-electron chi connectivity index (χ1n) is 2.84. The van der Waals surface area contributed by atoms with Crippen LogP contribution >= 0.6 is 0 Å². The molecule has 0 aromatic rings. The maximum absolute atomic E-state index is 4.13. The van der Waals surface area contributed by atoms with E-state index in [-0.39, 0.29) is 0 Å². The Hall–Kier alpha value is -0.990. The van der Waals surface area contributed by atoms with Crippen LogP contribution in [0.3, 0.4) is 0 Å². The smallest absolute Gasteiger partial charge is 0.127 e. The molecule has 0 atom stereocenters. The van der Waals surface area contributed by atoms with Gasteiger partial charge in [-0.3, -0.25) is 5.01 Å². The van der Waals surface area contributed by atoms with Crippen molar-refractivity contribution in [2.45, 2.75) is 6.92 Å². The summed E-state index contributed by atoms with van der Waals surface area (Å²) < 4.78 is 0. The first kappa shape index (κ1) is 6.13. The van der Waals surface area contributed by atoms with Gasteiger partial charge in [0, 0.05) is 14.1 Å². The van der Waals surface area contributed by atoms with Crippen molar-refractivity contribution in [1.29, 1.82) is 0 Å². The summed E-state index contributed by atoms with van der Waals surface area (Å²) in [4.78, 5) is 1.94. The largest absolute Gasteiger partial charge is 0.317 e. The number of rotatable bonds is 0. The molecule has 1 rings (SSSR count).